The van der Waals surface area contributed by atoms with Gasteiger partial charge in [-0.05, 0) is 5.56 Å². The van der Waals surface area contributed by atoms with Gasteiger partial charge in [-0.3, -0.25) is 0 Å². The lowest BCUT2D eigenvalue weighted by molar-refractivity contribution is 0.350. The van der Waals surface area contributed by atoms with Crippen LogP contribution in [0.4, 0.5) is 0 Å². The first kappa shape index (κ1) is 9.57. The highest BCUT2D eigenvalue weighted by Gasteiger charge is 1.80. The second-order valence-electron chi connectivity index (χ2n) is 2.53. The number of hydrogen-bond acceptors (Lipinski definition) is 1. The summed E-state index contributed by atoms with van der Waals surface area (Å²) < 4.78 is 0. The fourth-order valence-electron chi connectivity index (χ4n) is 0.946. The van der Waals surface area contributed by atoms with Gasteiger partial charge in [0.25, 0.3) is 0 Å². The van der Waals surface area contributed by atoms with Gasteiger partial charge in [0, 0.05) is 6.42 Å². The first-order valence-electron chi connectivity index (χ1n) is 4.21. The Morgan fingerprint density at radius 2 is 1.92 bits per heavy atom. The maximum atomic E-state index is 8.38. The second-order valence-corrected chi connectivity index (χ2v) is 2.53. The van der Waals surface area contributed by atoms with E-state index in [0.717, 1.165) is 0 Å². The van der Waals surface area contributed by atoms with Crippen LogP contribution in [0.15, 0.2) is 36.4 Å². The van der Waals surface area contributed by atoms with Crippen molar-refractivity contribution >= 4 is 6.08 Å². The Labute approximate surface area is 78.7 Å². The van der Waals surface area contributed by atoms with Gasteiger partial charge >= 0.3 is 0 Å². The molecule has 0 aliphatic carbocycles. The fourth-order valence-corrected chi connectivity index (χ4v) is 0.946. The van der Waals surface area contributed by atoms with E-state index in [9.17, 15) is 0 Å². The molecule has 1 N–H and O–H groups in total. The summed E-state index contributed by atoms with van der Waals surface area (Å²) in [7, 11) is 0. The monoisotopic (exact) mass is 172 g/mol. The van der Waals surface area contributed by atoms with Crippen molar-refractivity contribution in [1.29, 1.82) is 0 Å². The molecule has 0 bridgehead atoms. The molecule has 0 aromatic heterocycles. The quantitative estimate of drug-likeness (QED) is 0.677. The third-order valence-electron chi connectivity index (χ3n) is 1.53. The average Bonchev–Trinajstić information content (AvgIpc) is 2.19. The van der Waals surface area contributed by atoms with Crippen molar-refractivity contribution in [2.45, 2.75) is 6.42 Å². The van der Waals surface area contributed by atoms with Gasteiger partial charge in [0.05, 0.1) is 0 Å². The van der Waals surface area contributed by atoms with E-state index < -0.39 is 0 Å². The van der Waals surface area contributed by atoms with E-state index in [0.29, 0.717) is 6.42 Å². The van der Waals surface area contributed by atoms with Crippen LogP contribution in [-0.4, -0.2) is 11.7 Å². The molecule has 1 rings (SSSR count). The Morgan fingerprint density at radius 1 is 1.15 bits per heavy atom. The van der Waals surface area contributed by atoms with Gasteiger partial charge in [-0.2, -0.15) is 0 Å². The van der Waals surface area contributed by atoms with Crippen LogP contribution in [0.2, 0.25) is 0 Å². The number of aliphatic hydroxyl groups excluding tert-OH is 1. The van der Waals surface area contributed by atoms with Crippen molar-refractivity contribution < 1.29 is 5.11 Å². The van der Waals surface area contributed by atoms with E-state index in [1.165, 1.54) is 5.56 Å². The van der Waals surface area contributed by atoms with Crippen LogP contribution >= 0.6 is 0 Å². The molecule has 0 heterocycles. The van der Waals surface area contributed by atoms with Crippen LogP contribution in [0.3, 0.4) is 0 Å². The molecular weight excluding hydrogens is 160 g/mol. The summed E-state index contributed by atoms with van der Waals surface area (Å²) in [5.41, 5.74) is 1.17. The van der Waals surface area contributed by atoms with Gasteiger partial charge in [0.15, 0.2) is 0 Å². The van der Waals surface area contributed by atoms with Crippen molar-refractivity contribution in [1.82, 2.24) is 0 Å². The van der Waals surface area contributed by atoms with E-state index in [-0.39, 0.29) is 6.61 Å². The van der Waals surface area contributed by atoms with E-state index in [2.05, 4.69) is 11.8 Å². The Kier molecular flexibility index (Phi) is 4.45. The minimum atomic E-state index is -0.0564. The minimum Gasteiger partial charge on any atom is -0.384 e. The second kappa shape index (κ2) is 6.05. The first-order valence-corrected chi connectivity index (χ1v) is 4.21. The van der Waals surface area contributed by atoms with Crippen LogP contribution < -0.4 is 0 Å². The molecule has 0 radical (unpaired) electrons. The summed E-state index contributed by atoms with van der Waals surface area (Å²) in [5, 5.41) is 8.38. The molecule has 66 valence electrons. The highest BCUT2D eigenvalue weighted by molar-refractivity contribution is 5.49. The largest absolute Gasteiger partial charge is 0.384 e. The lowest BCUT2D eigenvalue weighted by Crippen LogP contribution is -1.71. The van der Waals surface area contributed by atoms with Gasteiger partial charge in [-0.1, -0.05) is 54.3 Å². The SMILES string of the molecule is OCC#CC/C=C/c1ccccc1. The summed E-state index contributed by atoms with van der Waals surface area (Å²) >= 11 is 0. The first-order chi connectivity index (χ1) is 6.43. The molecule has 1 aromatic carbocycles. The molecule has 0 amide bonds. The summed E-state index contributed by atoms with van der Waals surface area (Å²) in [5.74, 6) is 5.41. The number of allylic oxidation sites excluding steroid dienone is 1. The smallest absolute Gasteiger partial charge is 0.104 e. The van der Waals surface area contributed by atoms with Crippen LogP contribution in [0.25, 0.3) is 6.08 Å². The van der Waals surface area contributed by atoms with Crippen LogP contribution in [0.1, 0.15) is 12.0 Å². The maximum Gasteiger partial charge on any atom is 0.104 e. The standard InChI is InChI=1S/C12H12O/c13-11-7-2-1-4-8-12-9-5-3-6-10-12/h3-6,8-10,13H,1,11H2/b8-4+. The summed E-state index contributed by atoms with van der Waals surface area (Å²) in [4.78, 5) is 0. The van der Waals surface area contributed by atoms with Crippen molar-refractivity contribution in [3.63, 3.8) is 0 Å². The predicted molar refractivity (Wildman–Crippen MR) is 55.0 cm³/mol. The van der Waals surface area contributed by atoms with Gasteiger partial charge < -0.3 is 5.11 Å². The number of hydrogen-bond donors (Lipinski definition) is 1. The molecule has 1 nitrogen and oxygen atoms in total. The van der Waals surface area contributed by atoms with Crippen LogP contribution in [0.5, 0.6) is 0 Å². The van der Waals surface area contributed by atoms with Crippen molar-refractivity contribution in [3.05, 3.63) is 42.0 Å². The Morgan fingerprint density at radius 3 is 2.62 bits per heavy atom. The van der Waals surface area contributed by atoms with E-state index >= 15 is 0 Å². The van der Waals surface area contributed by atoms with Crippen molar-refractivity contribution in [2.75, 3.05) is 6.61 Å². The zero-order chi connectivity index (χ0) is 9.36. The van der Waals surface area contributed by atoms with Gasteiger partial charge in [-0.15, -0.1) is 0 Å². The van der Waals surface area contributed by atoms with E-state index in [4.69, 9.17) is 5.11 Å². The Hall–Kier alpha value is -1.52. The molecule has 0 saturated heterocycles. The highest BCUT2D eigenvalue weighted by atomic mass is 16.2. The summed E-state index contributed by atoms with van der Waals surface area (Å²) in [6.07, 6.45) is 4.69. The van der Waals surface area contributed by atoms with E-state index in [1.807, 2.05) is 42.5 Å². The predicted octanol–water partition coefficient (Wildman–Crippen LogP) is 2.09. The molecule has 0 spiro atoms. The topological polar surface area (TPSA) is 20.2 Å². The third-order valence-corrected chi connectivity index (χ3v) is 1.53. The fraction of sp³-hybridized carbons (Fsp3) is 0.167. The van der Waals surface area contributed by atoms with Gasteiger partial charge in [-0.25, -0.2) is 0 Å². The summed E-state index contributed by atoms with van der Waals surface area (Å²) in [6.45, 7) is -0.0564. The minimum absolute atomic E-state index is 0.0564. The number of benzene rings is 1. The molecule has 1 aromatic rings. The number of rotatable bonds is 2. The summed E-state index contributed by atoms with van der Waals surface area (Å²) in [6, 6.07) is 10.1. The third kappa shape index (κ3) is 4.15. The molecular formula is C12H12O. The van der Waals surface area contributed by atoms with E-state index in [1.54, 1.807) is 0 Å². The highest BCUT2D eigenvalue weighted by Crippen LogP contribution is 2.00. The van der Waals surface area contributed by atoms with Gasteiger partial charge in [0.2, 0.25) is 0 Å². The van der Waals surface area contributed by atoms with Crippen LogP contribution in [0, 0.1) is 11.8 Å². The van der Waals surface area contributed by atoms with Crippen molar-refractivity contribution in [3.8, 4) is 11.8 Å². The molecule has 13 heavy (non-hydrogen) atoms. The Bertz CT molecular complexity index is 314. The zero-order valence-corrected chi connectivity index (χ0v) is 7.40. The molecule has 0 fully saturated rings. The number of aliphatic hydroxyl groups is 1. The molecule has 1 heteroatoms. The lowest BCUT2D eigenvalue weighted by Gasteiger charge is -1.88. The zero-order valence-electron chi connectivity index (χ0n) is 7.40. The maximum absolute atomic E-state index is 8.38. The van der Waals surface area contributed by atoms with Crippen LogP contribution in [-0.2, 0) is 0 Å². The lowest BCUT2D eigenvalue weighted by atomic mass is 10.2. The molecule has 0 aliphatic rings. The molecule has 0 saturated carbocycles. The van der Waals surface area contributed by atoms with Crippen molar-refractivity contribution in [2.24, 2.45) is 0 Å². The van der Waals surface area contributed by atoms with Gasteiger partial charge in [0.1, 0.15) is 6.61 Å². The molecule has 0 atom stereocenters. The normalized spacial score (nSPS) is 9.62. The molecule has 0 aliphatic heterocycles. The molecule has 0 unspecified atom stereocenters. The Balaban J connectivity index is 2.41. The average molecular weight is 172 g/mol.